The maximum atomic E-state index is 13.0. The quantitative estimate of drug-likeness (QED) is 0.871. The maximum Gasteiger partial charge on any atom is 0.228 e. The van der Waals surface area contributed by atoms with Gasteiger partial charge < -0.3 is 14.9 Å². The molecule has 3 aliphatic rings. The molecule has 2 aromatic rings. The van der Waals surface area contributed by atoms with Crippen molar-refractivity contribution in [2.75, 3.05) is 31.1 Å². The van der Waals surface area contributed by atoms with Crippen LogP contribution in [0.5, 0.6) is 0 Å². The second kappa shape index (κ2) is 7.58. The van der Waals surface area contributed by atoms with E-state index in [2.05, 4.69) is 35.2 Å². The van der Waals surface area contributed by atoms with Crippen LogP contribution in [0.2, 0.25) is 0 Å². The average molecular weight is 391 g/mol. The SMILES string of the molecule is O=C(CCN1CCC2(CCc3ccccc32)CC1)N1c2ccccc2CC1CO. The lowest BCUT2D eigenvalue weighted by atomic mass is 9.74. The minimum absolute atomic E-state index is 0.0199. The summed E-state index contributed by atoms with van der Waals surface area (Å²) in [5.41, 5.74) is 5.64. The van der Waals surface area contributed by atoms with E-state index in [1.807, 2.05) is 23.1 Å². The van der Waals surface area contributed by atoms with E-state index in [0.717, 1.165) is 31.7 Å². The molecule has 1 saturated heterocycles. The molecule has 0 radical (unpaired) electrons. The Morgan fingerprint density at radius 3 is 2.52 bits per heavy atom. The highest BCUT2D eigenvalue weighted by atomic mass is 16.3. The minimum Gasteiger partial charge on any atom is -0.394 e. The van der Waals surface area contributed by atoms with Gasteiger partial charge in [-0.25, -0.2) is 0 Å². The molecule has 2 heterocycles. The Morgan fingerprint density at radius 1 is 1.00 bits per heavy atom. The smallest absolute Gasteiger partial charge is 0.228 e. The molecule has 29 heavy (non-hydrogen) atoms. The van der Waals surface area contributed by atoms with Crippen LogP contribution in [0, 0.1) is 0 Å². The summed E-state index contributed by atoms with van der Waals surface area (Å²) >= 11 is 0. The van der Waals surface area contributed by atoms with Gasteiger partial charge in [-0.05, 0) is 73.4 Å². The van der Waals surface area contributed by atoms with Crippen molar-refractivity contribution in [3.05, 3.63) is 65.2 Å². The number of hydrogen-bond acceptors (Lipinski definition) is 3. The van der Waals surface area contributed by atoms with Gasteiger partial charge in [0.15, 0.2) is 0 Å². The summed E-state index contributed by atoms with van der Waals surface area (Å²) in [6, 6.07) is 16.9. The van der Waals surface area contributed by atoms with Crippen LogP contribution >= 0.6 is 0 Å². The number of aliphatic hydroxyl groups excluding tert-OH is 1. The summed E-state index contributed by atoms with van der Waals surface area (Å²) in [6.07, 6.45) is 6.17. The van der Waals surface area contributed by atoms with Gasteiger partial charge in [0.05, 0.1) is 12.6 Å². The van der Waals surface area contributed by atoms with Crippen molar-refractivity contribution in [2.45, 2.75) is 50.0 Å². The van der Waals surface area contributed by atoms with E-state index < -0.39 is 0 Å². The molecular weight excluding hydrogens is 360 g/mol. The molecule has 0 saturated carbocycles. The van der Waals surface area contributed by atoms with Crippen molar-refractivity contribution >= 4 is 11.6 Å². The number of anilines is 1. The highest BCUT2D eigenvalue weighted by Gasteiger charge is 2.41. The third-order valence-corrected chi connectivity index (χ3v) is 7.47. The van der Waals surface area contributed by atoms with E-state index in [0.29, 0.717) is 11.8 Å². The number of piperidine rings is 1. The molecular formula is C25H30N2O2. The van der Waals surface area contributed by atoms with Crippen molar-refractivity contribution < 1.29 is 9.90 Å². The van der Waals surface area contributed by atoms with Gasteiger partial charge in [0.25, 0.3) is 0 Å². The van der Waals surface area contributed by atoms with E-state index >= 15 is 0 Å². The Morgan fingerprint density at radius 2 is 1.72 bits per heavy atom. The van der Waals surface area contributed by atoms with Gasteiger partial charge in [-0.3, -0.25) is 4.79 Å². The van der Waals surface area contributed by atoms with Gasteiger partial charge in [0.1, 0.15) is 0 Å². The first-order valence-electron chi connectivity index (χ1n) is 11.0. The van der Waals surface area contributed by atoms with E-state index in [4.69, 9.17) is 0 Å². The Bertz CT molecular complexity index is 901. The summed E-state index contributed by atoms with van der Waals surface area (Å²) < 4.78 is 0. The van der Waals surface area contributed by atoms with Crippen LogP contribution in [0.3, 0.4) is 0 Å². The summed E-state index contributed by atoms with van der Waals surface area (Å²) in [5.74, 6) is 0.139. The molecule has 0 bridgehead atoms. The molecule has 4 heteroatoms. The zero-order chi connectivity index (χ0) is 19.8. The number of benzene rings is 2. The van der Waals surface area contributed by atoms with Crippen molar-refractivity contribution in [1.29, 1.82) is 0 Å². The summed E-state index contributed by atoms with van der Waals surface area (Å²) in [4.78, 5) is 17.3. The molecule has 1 fully saturated rings. The Kier molecular flexibility index (Phi) is 4.92. The van der Waals surface area contributed by atoms with Crippen molar-refractivity contribution in [3.63, 3.8) is 0 Å². The van der Waals surface area contributed by atoms with Crippen LogP contribution in [-0.4, -0.2) is 48.2 Å². The number of fused-ring (bicyclic) bond motifs is 3. The van der Waals surface area contributed by atoms with Gasteiger partial charge in [-0.2, -0.15) is 0 Å². The van der Waals surface area contributed by atoms with Crippen LogP contribution in [0.15, 0.2) is 48.5 Å². The lowest BCUT2D eigenvalue weighted by Gasteiger charge is -2.40. The molecule has 1 atom stereocenters. The molecule has 1 aliphatic carbocycles. The maximum absolute atomic E-state index is 13.0. The van der Waals surface area contributed by atoms with E-state index in [-0.39, 0.29) is 18.6 Å². The first-order chi connectivity index (χ1) is 14.2. The fraction of sp³-hybridized carbons (Fsp3) is 0.480. The van der Waals surface area contributed by atoms with E-state index in [1.54, 1.807) is 11.1 Å². The third-order valence-electron chi connectivity index (χ3n) is 7.47. The molecule has 1 unspecified atom stereocenters. The highest BCUT2D eigenvalue weighted by molar-refractivity contribution is 5.96. The number of aliphatic hydroxyl groups is 1. The number of rotatable bonds is 4. The second-order valence-corrected chi connectivity index (χ2v) is 8.96. The monoisotopic (exact) mass is 390 g/mol. The topological polar surface area (TPSA) is 43.8 Å². The van der Waals surface area contributed by atoms with E-state index in [1.165, 1.54) is 31.2 Å². The van der Waals surface area contributed by atoms with Gasteiger partial charge in [-0.15, -0.1) is 0 Å². The number of likely N-dealkylation sites (tertiary alicyclic amines) is 1. The molecule has 2 aromatic carbocycles. The number of amides is 1. The summed E-state index contributed by atoms with van der Waals surface area (Å²) in [7, 11) is 0. The zero-order valence-corrected chi connectivity index (χ0v) is 17.0. The first kappa shape index (κ1) is 18.8. The van der Waals surface area contributed by atoms with Crippen LogP contribution < -0.4 is 4.90 Å². The number of nitrogens with zero attached hydrogens (tertiary/aromatic N) is 2. The Labute approximate surface area is 173 Å². The molecule has 1 spiro atoms. The number of para-hydroxylation sites is 1. The second-order valence-electron chi connectivity index (χ2n) is 8.96. The summed E-state index contributed by atoms with van der Waals surface area (Å²) in [6.45, 7) is 2.97. The van der Waals surface area contributed by atoms with Crippen molar-refractivity contribution in [1.82, 2.24) is 4.90 Å². The van der Waals surface area contributed by atoms with Crippen LogP contribution in [0.4, 0.5) is 5.69 Å². The molecule has 5 rings (SSSR count). The van der Waals surface area contributed by atoms with Gasteiger partial charge >= 0.3 is 0 Å². The fourth-order valence-corrected chi connectivity index (χ4v) is 5.81. The average Bonchev–Trinajstić information content (AvgIpc) is 3.32. The molecule has 1 N–H and O–H groups in total. The number of carbonyl (C=O) groups is 1. The number of hydrogen-bond donors (Lipinski definition) is 1. The molecule has 1 amide bonds. The molecule has 2 aliphatic heterocycles. The molecule has 0 aromatic heterocycles. The zero-order valence-electron chi connectivity index (χ0n) is 17.0. The highest BCUT2D eigenvalue weighted by Crippen LogP contribution is 2.46. The molecule has 4 nitrogen and oxygen atoms in total. The predicted octanol–water partition coefficient (Wildman–Crippen LogP) is 3.31. The standard InChI is InChI=1S/C25H30N2O2/c28-18-21-17-20-6-2-4-8-23(20)27(21)24(29)10-14-26-15-12-25(13-16-26)11-9-19-5-1-3-7-22(19)25/h1-8,21,28H,9-18H2. The lowest BCUT2D eigenvalue weighted by Crippen LogP contribution is -2.44. The Balaban J connectivity index is 1.20. The fourth-order valence-electron chi connectivity index (χ4n) is 5.81. The molecule has 152 valence electrons. The summed E-state index contributed by atoms with van der Waals surface area (Å²) in [5, 5.41) is 9.77. The van der Waals surface area contributed by atoms with Gasteiger partial charge in [0.2, 0.25) is 5.91 Å². The van der Waals surface area contributed by atoms with Crippen molar-refractivity contribution in [2.24, 2.45) is 0 Å². The number of carbonyl (C=O) groups excluding carboxylic acids is 1. The van der Waals surface area contributed by atoms with Gasteiger partial charge in [0, 0.05) is 18.7 Å². The van der Waals surface area contributed by atoms with E-state index in [9.17, 15) is 9.90 Å². The predicted molar refractivity (Wildman–Crippen MR) is 115 cm³/mol. The van der Waals surface area contributed by atoms with Crippen LogP contribution in [-0.2, 0) is 23.1 Å². The van der Waals surface area contributed by atoms with Crippen molar-refractivity contribution in [3.8, 4) is 0 Å². The third kappa shape index (κ3) is 3.28. The number of aryl methyl sites for hydroxylation is 1. The normalized spacial score (nSPS) is 22.7. The first-order valence-corrected chi connectivity index (χ1v) is 11.0. The minimum atomic E-state index is -0.112. The largest absolute Gasteiger partial charge is 0.394 e. The van der Waals surface area contributed by atoms with Crippen LogP contribution in [0.1, 0.15) is 42.4 Å². The van der Waals surface area contributed by atoms with Gasteiger partial charge in [-0.1, -0.05) is 42.5 Å². The lowest BCUT2D eigenvalue weighted by molar-refractivity contribution is -0.119. The Hall–Kier alpha value is -2.17. The van der Waals surface area contributed by atoms with Crippen LogP contribution in [0.25, 0.3) is 0 Å².